The number of rotatable bonds is 5. The molecule has 1 heterocycles. The van der Waals surface area contributed by atoms with Gasteiger partial charge in [0.2, 0.25) is 0 Å². The quantitative estimate of drug-likeness (QED) is 0.509. The first-order valence-electron chi connectivity index (χ1n) is 11.6. The molecule has 0 amide bonds. The van der Waals surface area contributed by atoms with Gasteiger partial charge in [0, 0.05) is 23.2 Å². The average Bonchev–Trinajstić information content (AvgIpc) is 2.78. The predicted molar refractivity (Wildman–Crippen MR) is 125 cm³/mol. The zero-order chi connectivity index (χ0) is 23.5. The Kier molecular flexibility index (Phi) is 7.67. The number of ketones is 1. The van der Waals surface area contributed by atoms with Crippen molar-refractivity contribution >= 4 is 17.2 Å². The van der Waals surface area contributed by atoms with Crippen LogP contribution in [0, 0.1) is 31.4 Å². The van der Waals surface area contributed by atoms with Crippen molar-refractivity contribution in [3.63, 3.8) is 0 Å². The van der Waals surface area contributed by atoms with Gasteiger partial charge in [-0.05, 0) is 69.8 Å². The number of carbonyl (C=O) groups is 1. The first kappa shape index (κ1) is 24.3. The standard InChI is InChI=1S/C24H28F2N2O2.C2H6/c1-14-6-9-19(15(2)11-14)28-22-17(7-8-18(25)21(22)26)23(29)16-12-24(30,13-16)20-5-3-4-10-27-20;1-2/h6-9,11,16,20,27-28,30H,3-5,10,12-13H2,1-2H3;1-2H3. The van der Waals surface area contributed by atoms with E-state index in [0.717, 1.165) is 43.0 Å². The molecule has 1 aliphatic heterocycles. The van der Waals surface area contributed by atoms with Crippen LogP contribution in [0.1, 0.15) is 67.4 Å². The molecule has 174 valence electrons. The smallest absolute Gasteiger partial charge is 0.182 e. The number of halogens is 2. The number of benzene rings is 2. The highest BCUT2D eigenvalue weighted by Crippen LogP contribution is 2.45. The van der Waals surface area contributed by atoms with E-state index in [2.05, 4.69) is 10.6 Å². The Morgan fingerprint density at radius 2 is 1.84 bits per heavy atom. The van der Waals surface area contributed by atoms with Gasteiger partial charge in [0.05, 0.1) is 11.3 Å². The fourth-order valence-electron chi connectivity index (χ4n) is 4.76. The van der Waals surface area contributed by atoms with E-state index in [-0.39, 0.29) is 23.1 Å². The van der Waals surface area contributed by atoms with Crippen molar-refractivity contribution in [2.75, 3.05) is 11.9 Å². The van der Waals surface area contributed by atoms with Crippen molar-refractivity contribution in [1.29, 1.82) is 0 Å². The van der Waals surface area contributed by atoms with E-state index in [1.807, 2.05) is 39.8 Å². The first-order valence-corrected chi connectivity index (χ1v) is 11.6. The molecule has 1 saturated carbocycles. The normalized spacial score (nSPS) is 24.7. The fraction of sp³-hybridized carbons (Fsp3) is 0.500. The molecule has 1 aliphatic carbocycles. The summed E-state index contributed by atoms with van der Waals surface area (Å²) in [5.41, 5.74) is 1.63. The summed E-state index contributed by atoms with van der Waals surface area (Å²) < 4.78 is 28.7. The predicted octanol–water partition coefficient (Wildman–Crippen LogP) is 5.82. The molecule has 0 aromatic heterocycles. The van der Waals surface area contributed by atoms with Crippen LogP contribution in [0.25, 0.3) is 0 Å². The maximum absolute atomic E-state index is 14.7. The molecule has 3 N–H and O–H groups in total. The number of hydrogen-bond acceptors (Lipinski definition) is 4. The summed E-state index contributed by atoms with van der Waals surface area (Å²) in [5, 5.41) is 17.2. The van der Waals surface area contributed by atoms with Crippen LogP contribution in [0.4, 0.5) is 20.2 Å². The highest BCUT2D eigenvalue weighted by Gasteiger charge is 2.51. The van der Waals surface area contributed by atoms with Crippen molar-refractivity contribution in [2.45, 2.75) is 71.4 Å². The third-order valence-electron chi connectivity index (χ3n) is 6.53. The molecular formula is C26H34F2N2O2. The zero-order valence-corrected chi connectivity index (χ0v) is 19.4. The molecule has 32 heavy (non-hydrogen) atoms. The van der Waals surface area contributed by atoms with Gasteiger partial charge in [-0.25, -0.2) is 8.78 Å². The molecule has 4 nitrogen and oxygen atoms in total. The summed E-state index contributed by atoms with van der Waals surface area (Å²) in [5.74, 6) is -2.73. The van der Waals surface area contributed by atoms with Crippen molar-refractivity contribution in [2.24, 2.45) is 5.92 Å². The summed E-state index contributed by atoms with van der Waals surface area (Å²) in [6.45, 7) is 8.70. The van der Waals surface area contributed by atoms with Gasteiger partial charge in [-0.2, -0.15) is 0 Å². The molecule has 4 rings (SSSR count). The number of carbonyl (C=O) groups excluding carboxylic acids is 1. The topological polar surface area (TPSA) is 61.4 Å². The van der Waals surface area contributed by atoms with Gasteiger partial charge in [-0.1, -0.05) is 38.0 Å². The van der Waals surface area contributed by atoms with Crippen molar-refractivity contribution in [1.82, 2.24) is 5.32 Å². The Balaban J connectivity index is 0.00000141. The lowest BCUT2D eigenvalue weighted by atomic mass is 9.63. The van der Waals surface area contributed by atoms with Crippen molar-refractivity contribution in [3.05, 3.63) is 58.7 Å². The first-order chi connectivity index (χ1) is 15.3. The van der Waals surface area contributed by atoms with E-state index in [9.17, 15) is 18.7 Å². The lowest BCUT2D eigenvalue weighted by Gasteiger charge is -2.49. The number of anilines is 2. The molecule has 0 radical (unpaired) electrons. The number of hydrogen-bond donors (Lipinski definition) is 3. The number of Topliss-reactive ketones (excluding diaryl/α,β-unsaturated/α-hetero) is 1. The van der Waals surface area contributed by atoms with E-state index in [1.165, 1.54) is 6.07 Å². The van der Waals surface area contributed by atoms with Gasteiger partial charge in [-0.15, -0.1) is 0 Å². The summed E-state index contributed by atoms with van der Waals surface area (Å²) >= 11 is 0. The van der Waals surface area contributed by atoms with Crippen LogP contribution in [-0.2, 0) is 0 Å². The molecular weight excluding hydrogens is 410 g/mol. The van der Waals surface area contributed by atoms with E-state index in [4.69, 9.17) is 0 Å². The van der Waals surface area contributed by atoms with Crippen LogP contribution in [0.3, 0.4) is 0 Å². The number of nitrogens with one attached hydrogen (secondary N) is 2. The summed E-state index contributed by atoms with van der Waals surface area (Å²) in [4.78, 5) is 13.2. The van der Waals surface area contributed by atoms with Gasteiger partial charge in [-0.3, -0.25) is 4.79 Å². The lowest BCUT2D eigenvalue weighted by Crippen LogP contribution is -2.61. The second kappa shape index (κ2) is 10.1. The molecule has 1 unspecified atom stereocenters. The third kappa shape index (κ3) is 4.86. The van der Waals surface area contributed by atoms with Gasteiger partial charge in [0.1, 0.15) is 0 Å². The Labute approximate surface area is 189 Å². The molecule has 2 fully saturated rings. The van der Waals surface area contributed by atoms with E-state index in [0.29, 0.717) is 18.5 Å². The summed E-state index contributed by atoms with van der Waals surface area (Å²) in [6.07, 6.45) is 3.72. The van der Waals surface area contributed by atoms with E-state index < -0.39 is 23.2 Å². The Morgan fingerprint density at radius 1 is 1.12 bits per heavy atom. The third-order valence-corrected chi connectivity index (χ3v) is 6.53. The van der Waals surface area contributed by atoms with E-state index >= 15 is 0 Å². The minimum absolute atomic E-state index is 0.00643. The molecule has 1 saturated heterocycles. The average molecular weight is 445 g/mol. The number of piperidine rings is 1. The van der Waals surface area contributed by atoms with Crippen LogP contribution >= 0.6 is 0 Å². The molecule has 0 bridgehead atoms. The summed E-state index contributed by atoms with van der Waals surface area (Å²) in [6, 6.07) is 7.92. The second-order valence-corrected chi connectivity index (χ2v) is 8.80. The minimum atomic E-state index is -1.07. The Bertz CT molecular complexity index is 965. The highest BCUT2D eigenvalue weighted by atomic mass is 19.2. The fourth-order valence-corrected chi connectivity index (χ4v) is 4.76. The van der Waals surface area contributed by atoms with Crippen LogP contribution in [-0.4, -0.2) is 29.1 Å². The monoisotopic (exact) mass is 444 g/mol. The van der Waals surface area contributed by atoms with Crippen LogP contribution in [0.2, 0.25) is 0 Å². The van der Waals surface area contributed by atoms with Crippen LogP contribution < -0.4 is 10.6 Å². The highest BCUT2D eigenvalue weighted by molar-refractivity contribution is 6.04. The van der Waals surface area contributed by atoms with Crippen molar-refractivity contribution in [3.8, 4) is 0 Å². The lowest BCUT2D eigenvalue weighted by molar-refractivity contribution is -0.0948. The van der Waals surface area contributed by atoms with E-state index in [1.54, 1.807) is 6.07 Å². The van der Waals surface area contributed by atoms with Gasteiger partial charge < -0.3 is 15.7 Å². The van der Waals surface area contributed by atoms with Gasteiger partial charge in [0.15, 0.2) is 17.4 Å². The van der Waals surface area contributed by atoms with Crippen molar-refractivity contribution < 1.29 is 18.7 Å². The molecule has 2 aromatic rings. The van der Waals surface area contributed by atoms with Crippen LogP contribution in [0.15, 0.2) is 30.3 Å². The van der Waals surface area contributed by atoms with Crippen LogP contribution in [0.5, 0.6) is 0 Å². The molecule has 2 aliphatic rings. The number of aliphatic hydroxyl groups is 1. The maximum atomic E-state index is 14.7. The molecule has 2 aromatic carbocycles. The SMILES string of the molecule is CC.Cc1ccc(Nc2c(C(=O)C3CC(O)(C4CCCCN4)C3)ccc(F)c2F)c(C)c1. The molecule has 6 heteroatoms. The molecule has 0 spiro atoms. The largest absolute Gasteiger partial charge is 0.388 e. The minimum Gasteiger partial charge on any atom is -0.388 e. The van der Waals surface area contributed by atoms with Gasteiger partial charge in [0.25, 0.3) is 0 Å². The van der Waals surface area contributed by atoms with Gasteiger partial charge >= 0.3 is 0 Å². The summed E-state index contributed by atoms with van der Waals surface area (Å²) in [7, 11) is 0. The Morgan fingerprint density at radius 3 is 2.47 bits per heavy atom. The number of aryl methyl sites for hydroxylation is 2. The second-order valence-electron chi connectivity index (χ2n) is 8.80. The molecule has 1 atom stereocenters. The maximum Gasteiger partial charge on any atom is 0.182 e. The Hall–Kier alpha value is -2.31. The zero-order valence-electron chi connectivity index (χ0n) is 19.4.